The summed E-state index contributed by atoms with van der Waals surface area (Å²) in [5.74, 6) is 1.07. The number of rotatable bonds is 0. The number of anilines is 2. The zero-order valence-electron chi connectivity index (χ0n) is 27.6. The topological polar surface area (TPSA) is 135 Å². The SMILES string of the molecule is O=C1COc2ccccc2C(=O)NCCCCNC(=O)c2ccccc2OCC(=O)Nc2ccccc2SCCCCSc2ccccc2N1. The van der Waals surface area contributed by atoms with E-state index in [1.807, 2.05) is 48.5 Å². The highest BCUT2D eigenvalue weighted by Gasteiger charge is 2.16. The molecule has 4 amide bonds. The molecular formula is C38H40N4O6S2. The largest absolute Gasteiger partial charge is 0.483 e. The monoisotopic (exact) mass is 712 g/mol. The molecule has 1 aliphatic rings. The van der Waals surface area contributed by atoms with Crippen molar-refractivity contribution >= 4 is 58.5 Å². The van der Waals surface area contributed by atoms with Crippen molar-refractivity contribution in [3.05, 3.63) is 108 Å². The summed E-state index contributed by atoms with van der Waals surface area (Å²) < 4.78 is 11.6. The molecule has 12 heteroatoms. The van der Waals surface area contributed by atoms with Crippen molar-refractivity contribution in [3.63, 3.8) is 0 Å². The van der Waals surface area contributed by atoms with Crippen LogP contribution in [0.4, 0.5) is 11.4 Å². The van der Waals surface area contributed by atoms with Gasteiger partial charge in [0.25, 0.3) is 23.6 Å². The van der Waals surface area contributed by atoms with Gasteiger partial charge in [0, 0.05) is 22.9 Å². The molecule has 0 aromatic heterocycles. The van der Waals surface area contributed by atoms with E-state index in [0.29, 0.717) is 59.9 Å². The summed E-state index contributed by atoms with van der Waals surface area (Å²) in [5.41, 5.74) is 2.08. The molecular weight excluding hydrogens is 673 g/mol. The predicted octanol–water partition coefficient (Wildman–Crippen LogP) is 6.64. The van der Waals surface area contributed by atoms with Gasteiger partial charge >= 0.3 is 0 Å². The first-order valence-corrected chi connectivity index (χ1v) is 18.5. The Hall–Kier alpha value is -4.94. The van der Waals surface area contributed by atoms with E-state index < -0.39 is 0 Å². The van der Waals surface area contributed by atoms with Gasteiger partial charge in [-0.05, 0) is 85.7 Å². The van der Waals surface area contributed by atoms with Gasteiger partial charge in [-0.25, -0.2) is 0 Å². The summed E-state index contributed by atoms with van der Waals surface area (Å²) in [6.07, 6.45) is 3.15. The fourth-order valence-electron chi connectivity index (χ4n) is 5.02. The Balaban J connectivity index is 1.25. The van der Waals surface area contributed by atoms with Crippen LogP contribution in [0.5, 0.6) is 11.5 Å². The molecule has 0 saturated carbocycles. The van der Waals surface area contributed by atoms with Crippen molar-refractivity contribution in [1.82, 2.24) is 10.6 Å². The van der Waals surface area contributed by atoms with E-state index in [1.54, 1.807) is 72.1 Å². The van der Waals surface area contributed by atoms with Gasteiger partial charge in [-0.2, -0.15) is 0 Å². The second-order valence-corrected chi connectivity index (χ2v) is 13.6. The van der Waals surface area contributed by atoms with Crippen molar-refractivity contribution in [3.8, 4) is 11.5 Å². The number of hydrogen-bond donors (Lipinski definition) is 4. The molecule has 0 atom stereocenters. The highest BCUT2D eigenvalue weighted by molar-refractivity contribution is 7.99. The van der Waals surface area contributed by atoms with Crippen LogP contribution in [-0.4, -0.2) is 61.4 Å². The zero-order chi connectivity index (χ0) is 35.0. The fraction of sp³-hybridized carbons (Fsp3) is 0.263. The third-order valence-electron chi connectivity index (χ3n) is 7.53. The minimum atomic E-state index is -0.327. The van der Waals surface area contributed by atoms with Gasteiger partial charge in [0.2, 0.25) is 0 Å². The maximum absolute atomic E-state index is 13.0. The lowest BCUT2D eigenvalue weighted by Gasteiger charge is -2.14. The number of hydrogen-bond acceptors (Lipinski definition) is 8. The number of ether oxygens (including phenoxy) is 2. The van der Waals surface area contributed by atoms with E-state index in [-0.39, 0.29) is 36.8 Å². The summed E-state index contributed by atoms with van der Waals surface area (Å²) in [5, 5.41) is 11.7. The first kappa shape index (κ1) is 36.3. The molecule has 0 radical (unpaired) electrons. The molecule has 0 bridgehead atoms. The van der Waals surface area contributed by atoms with Gasteiger partial charge in [0.05, 0.1) is 22.5 Å². The van der Waals surface area contributed by atoms with Gasteiger partial charge in [-0.1, -0.05) is 48.5 Å². The molecule has 0 saturated heterocycles. The maximum Gasteiger partial charge on any atom is 0.262 e. The van der Waals surface area contributed by atoms with E-state index in [1.165, 1.54) is 0 Å². The van der Waals surface area contributed by atoms with Crippen molar-refractivity contribution in [2.45, 2.75) is 35.5 Å². The molecule has 4 aromatic rings. The average molecular weight is 713 g/mol. The van der Waals surface area contributed by atoms with E-state index in [4.69, 9.17) is 9.47 Å². The first-order valence-electron chi connectivity index (χ1n) is 16.5. The number of benzene rings is 4. The van der Waals surface area contributed by atoms with E-state index >= 15 is 0 Å². The van der Waals surface area contributed by atoms with Gasteiger partial charge < -0.3 is 30.7 Å². The van der Waals surface area contributed by atoms with Gasteiger partial charge in [0.1, 0.15) is 11.5 Å². The molecule has 0 fully saturated rings. The fourth-order valence-corrected chi connectivity index (χ4v) is 7.06. The number of thioether (sulfide) groups is 2. The first-order chi connectivity index (χ1) is 24.5. The van der Waals surface area contributed by atoms with Gasteiger partial charge in [-0.3, -0.25) is 19.2 Å². The molecule has 0 spiro atoms. The number of carbonyl (C=O) groups is 4. The van der Waals surface area contributed by atoms with Crippen LogP contribution in [0, 0.1) is 0 Å². The lowest BCUT2D eigenvalue weighted by Crippen LogP contribution is -2.28. The van der Waals surface area contributed by atoms with Crippen molar-refractivity contribution in [2.24, 2.45) is 0 Å². The minimum absolute atomic E-state index is 0.254. The van der Waals surface area contributed by atoms with Crippen molar-refractivity contribution < 1.29 is 28.7 Å². The Bertz CT molecular complexity index is 1660. The molecule has 0 aliphatic carbocycles. The zero-order valence-corrected chi connectivity index (χ0v) is 29.2. The Labute approximate surface area is 300 Å². The summed E-state index contributed by atoms with van der Waals surface area (Å²) in [4.78, 5) is 53.6. The molecule has 10 nitrogen and oxygen atoms in total. The Morgan fingerprint density at radius 1 is 0.480 bits per heavy atom. The number of fused-ring (bicyclic) bond motifs is 4. The third kappa shape index (κ3) is 11.0. The number of amides is 4. The van der Waals surface area contributed by atoms with Crippen molar-refractivity contribution in [2.75, 3.05) is 48.4 Å². The normalized spacial score (nSPS) is 16.2. The predicted molar refractivity (Wildman–Crippen MR) is 199 cm³/mol. The quantitative estimate of drug-likeness (QED) is 0.160. The van der Waals surface area contributed by atoms with E-state index in [2.05, 4.69) is 21.3 Å². The minimum Gasteiger partial charge on any atom is -0.483 e. The Morgan fingerprint density at radius 3 is 1.34 bits per heavy atom. The smallest absolute Gasteiger partial charge is 0.262 e. The van der Waals surface area contributed by atoms with Gasteiger partial charge in [-0.15, -0.1) is 23.5 Å². The van der Waals surface area contributed by atoms with Crippen LogP contribution < -0.4 is 30.7 Å². The number of carbonyl (C=O) groups excluding carboxylic acids is 4. The van der Waals surface area contributed by atoms with E-state index in [9.17, 15) is 19.2 Å². The molecule has 50 heavy (non-hydrogen) atoms. The number of nitrogens with one attached hydrogen (secondary N) is 4. The summed E-state index contributed by atoms with van der Waals surface area (Å²) in [6.45, 7) is 0.259. The summed E-state index contributed by atoms with van der Waals surface area (Å²) in [7, 11) is 0. The lowest BCUT2D eigenvalue weighted by atomic mass is 10.1. The Kier molecular flexibility index (Phi) is 14.0. The number of para-hydroxylation sites is 4. The van der Waals surface area contributed by atoms with Crippen LogP contribution in [0.1, 0.15) is 46.4 Å². The summed E-state index contributed by atoms with van der Waals surface area (Å²) >= 11 is 3.35. The highest BCUT2D eigenvalue weighted by atomic mass is 32.2. The third-order valence-corrected chi connectivity index (χ3v) is 9.85. The lowest BCUT2D eigenvalue weighted by molar-refractivity contribution is -0.118. The second kappa shape index (κ2) is 19.3. The average Bonchev–Trinajstić information content (AvgIpc) is 3.13. The molecule has 0 unspecified atom stereocenters. The van der Waals surface area contributed by atoms with Crippen LogP contribution in [0.25, 0.3) is 0 Å². The Morgan fingerprint density at radius 2 is 0.880 bits per heavy atom. The molecule has 260 valence electrons. The van der Waals surface area contributed by atoms with Crippen LogP contribution in [0.15, 0.2) is 107 Å². The van der Waals surface area contributed by atoms with Crippen LogP contribution in [0.3, 0.4) is 0 Å². The van der Waals surface area contributed by atoms with Gasteiger partial charge in [0.15, 0.2) is 13.2 Å². The summed E-state index contributed by atoms with van der Waals surface area (Å²) in [6, 6.07) is 28.9. The maximum atomic E-state index is 13.0. The standard InChI is InChI=1S/C38H40N4O6S2/c43-35-25-47-31-17-5-1-13-27(31)37(45)39-21-9-10-22-40-38(46)28-14-2-6-18-32(28)48-26-36(44)42-30-16-4-8-20-34(30)50-24-12-11-23-49-33-19-7-3-15-29(33)41-35/h1-8,13-20H,9-12,21-26H2,(H,39,45)(H,40,46)(H,41,43)(H,42,44). The van der Waals surface area contributed by atoms with Crippen LogP contribution in [-0.2, 0) is 9.59 Å². The van der Waals surface area contributed by atoms with Crippen molar-refractivity contribution in [1.29, 1.82) is 0 Å². The van der Waals surface area contributed by atoms with Crippen LogP contribution >= 0.6 is 23.5 Å². The molecule has 1 aliphatic heterocycles. The molecule has 5 rings (SSSR count). The van der Waals surface area contributed by atoms with Crippen LogP contribution in [0.2, 0.25) is 0 Å². The molecule has 4 N–H and O–H groups in total. The molecule has 4 aromatic carbocycles. The van der Waals surface area contributed by atoms with E-state index in [0.717, 1.165) is 34.1 Å². The molecule has 1 heterocycles. The second-order valence-electron chi connectivity index (χ2n) is 11.3. The highest BCUT2D eigenvalue weighted by Crippen LogP contribution is 2.30.